The monoisotopic (exact) mass is 314 g/mol. The Hall–Kier alpha value is -1.84. The van der Waals surface area contributed by atoms with Crippen LogP contribution in [0.15, 0.2) is 54.6 Å². The van der Waals surface area contributed by atoms with Gasteiger partial charge in [0.1, 0.15) is 0 Å². The molecule has 22 heavy (non-hydrogen) atoms. The van der Waals surface area contributed by atoms with Crippen molar-refractivity contribution in [1.82, 2.24) is 10.6 Å². The maximum absolute atomic E-state index is 12.5. The van der Waals surface area contributed by atoms with E-state index in [4.69, 9.17) is 11.6 Å². The Labute approximate surface area is 135 Å². The number of halogens is 1. The van der Waals surface area contributed by atoms with Gasteiger partial charge in [0.25, 0.3) is 0 Å². The van der Waals surface area contributed by atoms with E-state index in [2.05, 4.69) is 10.6 Å². The zero-order valence-electron chi connectivity index (χ0n) is 12.3. The molecule has 114 valence electrons. The van der Waals surface area contributed by atoms with Gasteiger partial charge in [0, 0.05) is 11.6 Å². The van der Waals surface area contributed by atoms with E-state index in [0.29, 0.717) is 5.02 Å². The zero-order chi connectivity index (χ0) is 15.4. The molecule has 1 fully saturated rings. The van der Waals surface area contributed by atoms with Gasteiger partial charge in [-0.15, -0.1) is 0 Å². The van der Waals surface area contributed by atoms with Crippen molar-refractivity contribution in [1.29, 1.82) is 0 Å². The molecule has 1 heterocycles. The number of amides is 1. The van der Waals surface area contributed by atoms with Crippen LogP contribution in [-0.2, 0) is 4.79 Å². The highest BCUT2D eigenvalue weighted by atomic mass is 35.5. The SMILES string of the molecule is O=C(N[C@H](c1ccccc1)c1cccc(Cl)c1)[C@H]1CCNC1. The van der Waals surface area contributed by atoms with E-state index >= 15 is 0 Å². The van der Waals surface area contributed by atoms with Crippen LogP contribution in [-0.4, -0.2) is 19.0 Å². The van der Waals surface area contributed by atoms with Crippen LogP contribution in [0.5, 0.6) is 0 Å². The van der Waals surface area contributed by atoms with Crippen LogP contribution in [0.4, 0.5) is 0 Å². The standard InChI is InChI=1S/C18H19ClN2O/c19-16-8-4-7-14(11-16)17(13-5-2-1-3-6-13)21-18(22)15-9-10-20-12-15/h1-8,11,15,17,20H,9-10,12H2,(H,21,22)/t15-,17+/m0/s1. The summed E-state index contributed by atoms with van der Waals surface area (Å²) in [4.78, 5) is 12.5. The van der Waals surface area contributed by atoms with E-state index in [1.54, 1.807) is 0 Å². The van der Waals surface area contributed by atoms with E-state index in [1.165, 1.54) is 0 Å². The van der Waals surface area contributed by atoms with E-state index in [1.807, 2.05) is 54.6 Å². The fourth-order valence-corrected chi connectivity index (χ4v) is 3.03. The summed E-state index contributed by atoms with van der Waals surface area (Å²) in [7, 11) is 0. The molecule has 3 nitrogen and oxygen atoms in total. The van der Waals surface area contributed by atoms with Crippen molar-refractivity contribution < 1.29 is 4.79 Å². The smallest absolute Gasteiger partial charge is 0.225 e. The number of benzene rings is 2. The van der Waals surface area contributed by atoms with Gasteiger partial charge in [-0.3, -0.25) is 4.79 Å². The molecule has 2 aromatic rings. The molecule has 1 aliphatic heterocycles. The van der Waals surface area contributed by atoms with Crippen molar-refractivity contribution in [3.05, 3.63) is 70.7 Å². The minimum absolute atomic E-state index is 0.0467. The van der Waals surface area contributed by atoms with Crippen molar-refractivity contribution in [3.8, 4) is 0 Å². The zero-order valence-corrected chi connectivity index (χ0v) is 13.0. The number of rotatable bonds is 4. The maximum Gasteiger partial charge on any atom is 0.225 e. The highest BCUT2D eigenvalue weighted by molar-refractivity contribution is 6.30. The lowest BCUT2D eigenvalue weighted by Crippen LogP contribution is -2.35. The van der Waals surface area contributed by atoms with Gasteiger partial charge < -0.3 is 10.6 Å². The molecule has 0 aliphatic carbocycles. The Kier molecular flexibility index (Phi) is 4.76. The molecule has 4 heteroatoms. The molecule has 2 atom stereocenters. The van der Waals surface area contributed by atoms with Crippen molar-refractivity contribution in [2.24, 2.45) is 5.92 Å². The second-order valence-corrected chi connectivity index (χ2v) is 6.03. The van der Waals surface area contributed by atoms with Gasteiger partial charge in [-0.25, -0.2) is 0 Å². The highest BCUT2D eigenvalue weighted by Crippen LogP contribution is 2.25. The van der Waals surface area contributed by atoms with Crippen LogP contribution < -0.4 is 10.6 Å². The average molecular weight is 315 g/mol. The summed E-state index contributed by atoms with van der Waals surface area (Å²) in [5.74, 6) is 0.143. The van der Waals surface area contributed by atoms with Crippen molar-refractivity contribution in [2.75, 3.05) is 13.1 Å². The summed E-state index contributed by atoms with van der Waals surface area (Å²) in [5, 5.41) is 7.09. The Morgan fingerprint density at radius 3 is 2.59 bits per heavy atom. The number of hydrogen-bond donors (Lipinski definition) is 2. The molecule has 3 rings (SSSR count). The summed E-state index contributed by atoms with van der Waals surface area (Å²) in [5.41, 5.74) is 2.06. The largest absolute Gasteiger partial charge is 0.345 e. The predicted octanol–water partition coefficient (Wildman–Crippen LogP) is 3.16. The molecule has 1 amide bonds. The molecule has 0 spiro atoms. The first-order chi connectivity index (χ1) is 10.7. The Morgan fingerprint density at radius 2 is 1.91 bits per heavy atom. The molecule has 2 N–H and O–H groups in total. The van der Waals surface area contributed by atoms with E-state index in [-0.39, 0.29) is 17.9 Å². The van der Waals surface area contributed by atoms with Crippen LogP contribution in [0.1, 0.15) is 23.6 Å². The third-order valence-electron chi connectivity index (χ3n) is 4.03. The third-order valence-corrected chi connectivity index (χ3v) is 4.27. The molecule has 0 unspecified atom stereocenters. The molecular weight excluding hydrogens is 296 g/mol. The number of nitrogens with one attached hydrogen (secondary N) is 2. The summed E-state index contributed by atoms with van der Waals surface area (Å²) in [6.07, 6.45) is 0.892. The Morgan fingerprint density at radius 1 is 1.14 bits per heavy atom. The summed E-state index contributed by atoms with van der Waals surface area (Å²) < 4.78 is 0. The van der Waals surface area contributed by atoms with E-state index in [9.17, 15) is 4.79 Å². The van der Waals surface area contributed by atoms with Gasteiger partial charge in [-0.1, -0.05) is 54.1 Å². The van der Waals surface area contributed by atoms with Crippen LogP contribution in [0, 0.1) is 5.92 Å². The summed E-state index contributed by atoms with van der Waals surface area (Å²) in [6.45, 7) is 1.66. The fraction of sp³-hybridized carbons (Fsp3) is 0.278. The average Bonchev–Trinajstić information content (AvgIpc) is 3.08. The molecular formula is C18H19ClN2O. The normalized spacial score (nSPS) is 18.9. The first kappa shape index (κ1) is 15.1. The predicted molar refractivity (Wildman–Crippen MR) is 88.9 cm³/mol. The lowest BCUT2D eigenvalue weighted by Gasteiger charge is -2.22. The van der Waals surface area contributed by atoms with Crippen LogP contribution in [0.3, 0.4) is 0 Å². The minimum Gasteiger partial charge on any atom is -0.345 e. The van der Waals surface area contributed by atoms with Crippen LogP contribution in [0.2, 0.25) is 5.02 Å². The topological polar surface area (TPSA) is 41.1 Å². The quantitative estimate of drug-likeness (QED) is 0.910. The number of carbonyl (C=O) groups is 1. The molecule has 0 aromatic heterocycles. The first-order valence-corrected chi connectivity index (χ1v) is 7.93. The second-order valence-electron chi connectivity index (χ2n) is 5.60. The number of hydrogen-bond acceptors (Lipinski definition) is 2. The first-order valence-electron chi connectivity index (χ1n) is 7.55. The van der Waals surface area contributed by atoms with E-state index in [0.717, 1.165) is 30.6 Å². The minimum atomic E-state index is -0.173. The third kappa shape index (κ3) is 3.49. The van der Waals surface area contributed by atoms with Crippen LogP contribution >= 0.6 is 11.6 Å². The molecule has 2 aromatic carbocycles. The van der Waals surface area contributed by atoms with Gasteiger partial charge in [0.05, 0.1) is 12.0 Å². The summed E-state index contributed by atoms with van der Waals surface area (Å²) in [6, 6.07) is 17.5. The summed E-state index contributed by atoms with van der Waals surface area (Å²) >= 11 is 6.12. The van der Waals surface area contributed by atoms with E-state index < -0.39 is 0 Å². The Balaban J connectivity index is 1.87. The molecule has 0 bridgehead atoms. The van der Waals surface area contributed by atoms with Gasteiger partial charge in [-0.2, -0.15) is 0 Å². The molecule has 1 aliphatic rings. The van der Waals surface area contributed by atoms with Gasteiger partial charge >= 0.3 is 0 Å². The molecule has 1 saturated heterocycles. The molecule has 0 saturated carbocycles. The van der Waals surface area contributed by atoms with Gasteiger partial charge in [-0.05, 0) is 36.2 Å². The van der Waals surface area contributed by atoms with Gasteiger partial charge in [0.2, 0.25) is 5.91 Å². The number of carbonyl (C=O) groups excluding carboxylic acids is 1. The van der Waals surface area contributed by atoms with Crippen LogP contribution in [0.25, 0.3) is 0 Å². The lowest BCUT2D eigenvalue weighted by molar-refractivity contribution is -0.124. The van der Waals surface area contributed by atoms with Crippen molar-refractivity contribution >= 4 is 17.5 Å². The highest BCUT2D eigenvalue weighted by Gasteiger charge is 2.25. The van der Waals surface area contributed by atoms with Crippen molar-refractivity contribution in [3.63, 3.8) is 0 Å². The van der Waals surface area contributed by atoms with Crippen molar-refractivity contribution in [2.45, 2.75) is 12.5 Å². The maximum atomic E-state index is 12.5. The fourth-order valence-electron chi connectivity index (χ4n) is 2.83. The second kappa shape index (κ2) is 6.95. The van der Waals surface area contributed by atoms with Gasteiger partial charge in [0.15, 0.2) is 0 Å². The molecule has 0 radical (unpaired) electrons. The Bertz CT molecular complexity index is 639. The lowest BCUT2D eigenvalue weighted by atomic mass is 9.97.